The number of nitrogens with one attached hydrogen (secondary N) is 1. The number of carbonyl (C=O) groups excluding carboxylic acids is 1. The van der Waals surface area contributed by atoms with Crippen molar-refractivity contribution in [2.75, 3.05) is 51.3 Å². The van der Waals surface area contributed by atoms with Crippen LogP contribution in [0.15, 0.2) is 24.3 Å². The maximum absolute atomic E-state index is 12.6. The summed E-state index contributed by atoms with van der Waals surface area (Å²) < 4.78 is 5.29. The number of benzene rings is 1. The lowest BCUT2D eigenvalue weighted by atomic mass is 9.96. The van der Waals surface area contributed by atoms with Gasteiger partial charge < -0.3 is 19.9 Å². The molecular weight excluding hydrogens is 278 g/mol. The largest absolute Gasteiger partial charge is 0.497 e. The van der Waals surface area contributed by atoms with Crippen molar-refractivity contribution >= 4 is 11.6 Å². The van der Waals surface area contributed by atoms with Crippen molar-refractivity contribution in [2.24, 2.45) is 11.8 Å². The minimum absolute atomic E-state index is 0.156. The Bertz CT molecular complexity index is 526. The van der Waals surface area contributed by atoms with E-state index in [0.29, 0.717) is 11.8 Å². The van der Waals surface area contributed by atoms with E-state index in [1.165, 1.54) is 5.69 Å². The van der Waals surface area contributed by atoms with E-state index in [9.17, 15) is 4.79 Å². The summed E-state index contributed by atoms with van der Waals surface area (Å²) in [6.45, 7) is 7.32. The average molecular weight is 303 g/mol. The molecule has 2 atom stereocenters. The van der Waals surface area contributed by atoms with Gasteiger partial charge in [-0.15, -0.1) is 0 Å². The summed E-state index contributed by atoms with van der Waals surface area (Å²) in [7, 11) is 1.69. The van der Waals surface area contributed by atoms with Gasteiger partial charge in [0.05, 0.1) is 13.0 Å². The molecule has 0 spiro atoms. The zero-order valence-corrected chi connectivity index (χ0v) is 13.4. The molecule has 5 nitrogen and oxygen atoms in total. The number of amides is 1. The molecule has 22 heavy (non-hydrogen) atoms. The Kier molecular flexibility index (Phi) is 4.52. The van der Waals surface area contributed by atoms with Gasteiger partial charge in [-0.2, -0.15) is 0 Å². The highest BCUT2D eigenvalue weighted by Gasteiger charge is 2.33. The molecule has 5 heteroatoms. The molecule has 0 unspecified atom stereocenters. The molecule has 0 radical (unpaired) electrons. The topological polar surface area (TPSA) is 44.8 Å². The molecule has 0 aromatic heterocycles. The first-order chi connectivity index (χ1) is 10.7. The second-order valence-corrected chi connectivity index (χ2v) is 6.26. The number of carbonyl (C=O) groups is 1. The first-order valence-electron chi connectivity index (χ1n) is 8.07. The van der Waals surface area contributed by atoms with Crippen molar-refractivity contribution < 1.29 is 9.53 Å². The van der Waals surface area contributed by atoms with E-state index in [1.807, 2.05) is 17.0 Å². The molecule has 3 rings (SSSR count). The number of nitrogens with zero attached hydrogens (tertiary/aromatic N) is 2. The number of methoxy groups -OCH3 is 1. The van der Waals surface area contributed by atoms with Crippen LogP contribution in [-0.4, -0.2) is 57.2 Å². The van der Waals surface area contributed by atoms with Crippen LogP contribution in [0.4, 0.5) is 5.69 Å². The standard InChI is InChI=1S/C17H25N3O2/c1-13-11-18-12-16(13)17(21)20-8-6-19(7-9-20)14-4-3-5-15(10-14)22-2/h3-5,10,13,16,18H,6-9,11-12H2,1-2H3/t13-,16-/m1/s1. The Morgan fingerprint density at radius 2 is 2.00 bits per heavy atom. The van der Waals surface area contributed by atoms with Crippen LogP contribution in [0.5, 0.6) is 5.75 Å². The highest BCUT2D eigenvalue weighted by molar-refractivity contribution is 5.80. The van der Waals surface area contributed by atoms with Crippen molar-refractivity contribution in [3.05, 3.63) is 24.3 Å². The molecule has 2 heterocycles. The number of hydrogen-bond acceptors (Lipinski definition) is 4. The number of hydrogen-bond donors (Lipinski definition) is 1. The summed E-state index contributed by atoms with van der Waals surface area (Å²) in [5, 5.41) is 3.32. The van der Waals surface area contributed by atoms with E-state index in [2.05, 4.69) is 29.3 Å². The first-order valence-corrected chi connectivity index (χ1v) is 8.07. The number of ether oxygens (including phenoxy) is 1. The lowest BCUT2D eigenvalue weighted by Crippen LogP contribution is -2.51. The highest BCUT2D eigenvalue weighted by atomic mass is 16.5. The van der Waals surface area contributed by atoms with Crippen LogP contribution in [-0.2, 0) is 4.79 Å². The van der Waals surface area contributed by atoms with Gasteiger partial charge in [-0.1, -0.05) is 13.0 Å². The molecule has 2 aliphatic heterocycles. The van der Waals surface area contributed by atoms with E-state index in [-0.39, 0.29) is 5.92 Å². The smallest absolute Gasteiger partial charge is 0.227 e. The fourth-order valence-electron chi connectivity index (χ4n) is 3.37. The SMILES string of the molecule is COc1cccc(N2CCN(C(=O)[C@@H]3CNC[C@H]3C)CC2)c1. The summed E-state index contributed by atoms with van der Waals surface area (Å²) in [5.41, 5.74) is 1.17. The third-order valence-electron chi connectivity index (χ3n) is 4.84. The van der Waals surface area contributed by atoms with Gasteiger partial charge in [0.1, 0.15) is 5.75 Å². The lowest BCUT2D eigenvalue weighted by molar-refractivity contribution is -0.136. The van der Waals surface area contributed by atoms with E-state index >= 15 is 0 Å². The van der Waals surface area contributed by atoms with E-state index in [1.54, 1.807) is 7.11 Å². The van der Waals surface area contributed by atoms with Gasteiger partial charge in [-0.25, -0.2) is 0 Å². The van der Waals surface area contributed by atoms with Crippen molar-refractivity contribution in [1.82, 2.24) is 10.2 Å². The van der Waals surface area contributed by atoms with Crippen LogP contribution in [0.2, 0.25) is 0 Å². The minimum atomic E-state index is 0.156. The van der Waals surface area contributed by atoms with Gasteiger partial charge in [0, 0.05) is 44.5 Å². The maximum Gasteiger partial charge on any atom is 0.227 e. The second-order valence-electron chi connectivity index (χ2n) is 6.26. The second kappa shape index (κ2) is 6.57. The van der Waals surface area contributed by atoms with E-state index in [4.69, 9.17) is 4.74 Å². The van der Waals surface area contributed by atoms with Crippen molar-refractivity contribution in [1.29, 1.82) is 0 Å². The van der Waals surface area contributed by atoms with Crippen molar-refractivity contribution in [3.63, 3.8) is 0 Å². The molecular formula is C17H25N3O2. The van der Waals surface area contributed by atoms with Crippen molar-refractivity contribution in [2.45, 2.75) is 6.92 Å². The van der Waals surface area contributed by atoms with Crippen LogP contribution < -0.4 is 15.0 Å². The predicted octanol–water partition coefficient (Wildman–Crippen LogP) is 1.20. The van der Waals surface area contributed by atoms with Gasteiger partial charge in [-0.05, 0) is 24.6 Å². The summed E-state index contributed by atoms with van der Waals surface area (Å²) in [6.07, 6.45) is 0. The fourth-order valence-corrected chi connectivity index (χ4v) is 3.37. The predicted molar refractivity (Wildman–Crippen MR) is 87.3 cm³/mol. The van der Waals surface area contributed by atoms with Crippen LogP contribution in [0, 0.1) is 11.8 Å². The minimum Gasteiger partial charge on any atom is -0.497 e. The zero-order valence-electron chi connectivity index (χ0n) is 13.4. The third kappa shape index (κ3) is 3.04. The summed E-state index contributed by atoms with van der Waals surface area (Å²) in [4.78, 5) is 17.0. The zero-order chi connectivity index (χ0) is 15.5. The number of piperazine rings is 1. The van der Waals surface area contributed by atoms with Crippen LogP contribution in [0.1, 0.15) is 6.92 Å². The Morgan fingerprint density at radius 3 is 2.64 bits per heavy atom. The summed E-state index contributed by atoms with van der Waals surface area (Å²) in [5.74, 6) is 1.80. The molecule has 120 valence electrons. The average Bonchev–Trinajstić information content (AvgIpc) is 3.00. The quantitative estimate of drug-likeness (QED) is 0.911. The van der Waals surface area contributed by atoms with Gasteiger partial charge in [-0.3, -0.25) is 4.79 Å². The van der Waals surface area contributed by atoms with Crippen LogP contribution >= 0.6 is 0 Å². The normalized spacial score (nSPS) is 25.4. The van der Waals surface area contributed by atoms with Crippen molar-refractivity contribution in [3.8, 4) is 5.75 Å². The van der Waals surface area contributed by atoms with Gasteiger partial charge in [0.25, 0.3) is 0 Å². The van der Waals surface area contributed by atoms with Crippen LogP contribution in [0.25, 0.3) is 0 Å². The molecule has 2 aliphatic rings. The number of rotatable bonds is 3. The Labute approximate surface area is 132 Å². The molecule has 2 fully saturated rings. The van der Waals surface area contributed by atoms with Gasteiger partial charge in [0.15, 0.2) is 0 Å². The molecule has 0 saturated carbocycles. The van der Waals surface area contributed by atoms with E-state index < -0.39 is 0 Å². The lowest BCUT2D eigenvalue weighted by Gasteiger charge is -2.37. The molecule has 0 bridgehead atoms. The Morgan fingerprint density at radius 1 is 1.23 bits per heavy atom. The molecule has 2 saturated heterocycles. The molecule has 1 aromatic carbocycles. The number of anilines is 1. The fraction of sp³-hybridized carbons (Fsp3) is 0.588. The molecule has 0 aliphatic carbocycles. The summed E-state index contributed by atoms with van der Waals surface area (Å²) >= 11 is 0. The molecule has 1 N–H and O–H groups in total. The monoisotopic (exact) mass is 303 g/mol. The van der Waals surface area contributed by atoms with Gasteiger partial charge >= 0.3 is 0 Å². The highest BCUT2D eigenvalue weighted by Crippen LogP contribution is 2.24. The Balaban J connectivity index is 1.59. The third-order valence-corrected chi connectivity index (χ3v) is 4.84. The van der Waals surface area contributed by atoms with E-state index in [0.717, 1.165) is 45.0 Å². The summed E-state index contributed by atoms with van der Waals surface area (Å²) in [6, 6.07) is 8.12. The van der Waals surface area contributed by atoms with Crippen LogP contribution in [0.3, 0.4) is 0 Å². The Hall–Kier alpha value is -1.75. The van der Waals surface area contributed by atoms with Gasteiger partial charge in [0.2, 0.25) is 5.91 Å². The maximum atomic E-state index is 12.6. The first kappa shape index (κ1) is 15.2. The molecule has 1 amide bonds. The molecule has 1 aromatic rings.